The maximum Gasteiger partial charge on any atom is 0.268 e. The van der Waals surface area contributed by atoms with E-state index in [1.165, 1.54) is 61.2 Å². The summed E-state index contributed by atoms with van der Waals surface area (Å²) >= 11 is 0. The molecule has 6 heteroatoms. The zero-order valence-electron chi connectivity index (χ0n) is 43.0. The van der Waals surface area contributed by atoms with Gasteiger partial charge < -0.3 is 13.9 Å². The molecule has 0 fully saturated rings. The molecular formula is C72H48N4OPt-2. The SMILES string of the molecule is CC(C)(C)c1ccnc(-n2c3[c-]c(Oc4[c-]c(-n5[c-][n+]6c7c(cccc75)-c5ccccc5-c5ccc(C78c9ccccc9C(c9ccccc97)c7ccccc78)cc5-c5ccccc5-6)ccc4)ccc3c3ccccc32)c1.[Pt]. The summed E-state index contributed by atoms with van der Waals surface area (Å²) < 4.78 is 13.4. The maximum absolute atomic E-state index is 6.76. The quantitative estimate of drug-likeness (QED) is 0.127. The van der Waals surface area contributed by atoms with Crippen LogP contribution in [0.15, 0.2) is 231 Å². The first-order chi connectivity index (χ1) is 37.8. The second kappa shape index (κ2) is 17.3. The summed E-state index contributed by atoms with van der Waals surface area (Å²) in [7, 11) is 0. The van der Waals surface area contributed by atoms with Crippen molar-refractivity contribution >= 4 is 32.8 Å². The van der Waals surface area contributed by atoms with Crippen LogP contribution in [-0.2, 0) is 31.9 Å². The number of para-hydroxylation sites is 3. The van der Waals surface area contributed by atoms with Crippen LogP contribution in [0.1, 0.15) is 71.2 Å². The number of hydrogen-bond donors (Lipinski definition) is 0. The number of hydrogen-bond acceptors (Lipinski definition) is 2. The van der Waals surface area contributed by atoms with Gasteiger partial charge in [0.25, 0.3) is 6.33 Å². The van der Waals surface area contributed by atoms with Gasteiger partial charge in [-0.2, -0.15) is 18.2 Å². The zero-order chi connectivity index (χ0) is 51.1. The van der Waals surface area contributed by atoms with E-state index in [-0.39, 0.29) is 32.4 Å². The van der Waals surface area contributed by atoms with Gasteiger partial charge in [-0.25, -0.2) is 4.98 Å². The molecule has 0 spiro atoms. The summed E-state index contributed by atoms with van der Waals surface area (Å²) in [6.07, 6.45) is 5.81. The molecule has 0 amide bonds. The first kappa shape index (κ1) is 46.4. The van der Waals surface area contributed by atoms with E-state index in [1.807, 2.05) is 24.4 Å². The van der Waals surface area contributed by atoms with E-state index in [0.717, 1.165) is 66.7 Å². The number of pyridine rings is 1. The van der Waals surface area contributed by atoms with Crippen molar-refractivity contribution in [2.45, 2.75) is 37.5 Å². The Morgan fingerprint density at radius 3 is 1.86 bits per heavy atom. The molecule has 374 valence electrons. The topological polar surface area (TPSA) is 35.9 Å². The second-order valence-electron chi connectivity index (χ2n) is 21.8. The van der Waals surface area contributed by atoms with Gasteiger partial charge in [-0.15, -0.1) is 29.7 Å². The van der Waals surface area contributed by atoms with Gasteiger partial charge in [0.1, 0.15) is 5.82 Å². The van der Waals surface area contributed by atoms with E-state index in [2.05, 4.69) is 259 Å². The Balaban J connectivity index is 0.00000529. The molecule has 10 aromatic carbocycles. The predicted octanol–water partition coefficient (Wildman–Crippen LogP) is 16.4. The molecule has 2 bridgehead atoms. The van der Waals surface area contributed by atoms with Crippen LogP contribution in [0.5, 0.6) is 11.5 Å². The molecular weight excluding hydrogens is 1130 g/mol. The van der Waals surface area contributed by atoms with E-state index < -0.39 is 5.41 Å². The average Bonchev–Trinajstić information content (AvgIpc) is 3.74. The molecule has 4 aliphatic rings. The molecule has 0 unspecified atom stereocenters. The molecule has 0 saturated heterocycles. The third-order valence-electron chi connectivity index (χ3n) is 16.7. The minimum absolute atomic E-state index is 0. The van der Waals surface area contributed by atoms with Crippen LogP contribution in [0.4, 0.5) is 0 Å². The first-order valence-electron chi connectivity index (χ1n) is 26.6. The molecule has 3 aromatic heterocycles. The van der Waals surface area contributed by atoms with Crippen molar-refractivity contribution < 1.29 is 30.4 Å². The summed E-state index contributed by atoms with van der Waals surface area (Å²) in [6, 6.07) is 89.4. The van der Waals surface area contributed by atoms with Gasteiger partial charge in [-0.1, -0.05) is 190 Å². The van der Waals surface area contributed by atoms with Crippen LogP contribution < -0.4 is 9.30 Å². The normalized spacial score (nSPS) is 15.4. The largest absolute Gasteiger partial charge is 0.510 e. The molecule has 5 nitrogen and oxygen atoms in total. The fourth-order valence-electron chi connectivity index (χ4n) is 13.4. The Hall–Kier alpha value is -8.89. The number of ether oxygens (including phenoxy) is 1. The van der Waals surface area contributed by atoms with Crippen molar-refractivity contribution in [3.8, 4) is 62.1 Å². The number of rotatable bonds is 5. The Labute approximate surface area is 467 Å². The maximum atomic E-state index is 6.76. The standard InChI is InChI=1S/C72H48N4O.Pt/c1-71(2,3)45-38-39-73-68(41-45)76-65-32-15-10-22-53(65)55-37-35-49(43-67(55)76)77-48-19-16-18-47(42-48)74-44-75-64-31-14-9-23-54(64)60-40-46(34-36-52(60)50-20-4-5-21-51(50)56-27-17-33-66(74)70(56)75)72-61-28-11-6-24-57(61)69(58-25-7-12-29-62(58)72)59-26-8-13-30-63(59)72;/h4-41,69H,1-3H3;/q-2;. The molecule has 17 rings (SSSR count). The molecule has 0 radical (unpaired) electrons. The third kappa shape index (κ3) is 6.58. The van der Waals surface area contributed by atoms with E-state index in [0.29, 0.717) is 11.5 Å². The van der Waals surface area contributed by atoms with Crippen molar-refractivity contribution in [2.75, 3.05) is 0 Å². The van der Waals surface area contributed by atoms with Crippen molar-refractivity contribution in [3.63, 3.8) is 0 Å². The zero-order valence-corrected chi connectivity index (χ0v) is 45.3. The molecule has 0 saturated carbocycles. The fourth-order valence-corrected chi connectivity index (χ4v) is 13.4. The van der Waals surface area contributed by atoms with Crippen LogP contribution in [0.3, 0.4) is 0 Å². The van der Waals surface area contributed by atoms with Gasteiger partial charge in [0, 0.05) is 50.2 Å². The Kier molecular flexibility index (Phi) is 10.3. The molecule has 1 aliphatic heterocycles. The minimum atomic E-state index is -0.528. The molecule has 3 aliphatic carbocycles. The van der Waals surface area contributed by atoms with Crippen LogP contribution in [0.25, 0.3) is 83.4 Å². The van der Waals surface area contributed by atoms with Crippen LogP contribution >= 0.6 is 0 Å². The van der Waals surface area contributed by atoms with Crippen molar-refractivity contribution in [1.82, 2.24) is 14.1 Å². The van der Waals surface area contributed by atoms with E-state index in [1.54, 1.807) is 0 Å². The third-order valence-corrected chi connectivity index (χ3v) is 16.7. The molecule has 0 N–H and O–H groups in total. The Bertz CT molecular complexity index is 4510. The van der Waals surface area contributed by atoms with Crippen molar-refractivity contribution in [2.24, 2.45) is 0 Å². The van der Waals surface area contributed by atoms with E-state index in [4.69, 9.17) is 9.72 Å². The van der Waals surface area contributed by atoms with Crippen LogP contribution in [0, 0.1) is 18.5 Å². The molecule has 4 heterocycles. The van der Waals surface area contributed by atoms with Gasteiger partial charge in [0.05, 0.1) is 22.1 Å². The van der Waals surface area contributed by atoms with Gasteiger partial charge in [0.15, 0.2) is 0 Å². The van der Waals surface area contributed by atoms with Crippen LogP contribution in [-0.4, -0.2) is 14.1 Å². The number of fused-ring (bicyclic) bond motifs is 10. The summed E-state index contributed by atoms with van der Waals surface area (Å²) in [5.74, 6) is 2.19. The molecule has 0 atom stereocenters. The van der Waals surface area contributed by atoms with Gasteiger partial charge >= 0.3 is 0 Å². The average molecular weight is 1180 g/mol. The van der Waals surface area contributed by atoms with E-state index >= 15 is 0 Å². The Morgan fingerprint density at radius 2 is 1.12 bits per heavy atom. The summed E-state index contributed by atoms with van der Waals surface area (Å²) in [5, 5.41) is 2.22. The van der Waals surface area contributed by atoms with Gasteiger partial charge in [-0.05, 0) is 125 Å². The van der Waals surface area contributed by atoms with Gasteiger partial charge in [0.2, 0.25) is 0 Å². The number of imidazole rings is 1. The first-order valence-corrected chi connectivity index (χ1v) is 26.6. The predicted molar refractivity (Wildman–Crippen MR) is 308 cm³/mol. The smallest absolute Gasteiger partial charge is 0.268 e. The van der Waals surface area contributed by atoms with Crippen molar-refractivity contribution in [1.29, 1.82) is 0 Å². The summed E-state index contributed by atoms with van der Waals surface area (Å²) in [6.45, 7) is 6.69. The summed E-state index contributed by atoms with van der Waals surface area (Å²) in [4.78, 5) is 4.89. The second-order valence-corrected chi connectivity index (χ2v) is 21.8. The fraction of sp³-hybridized carbons (Fsp3) is 0.0833. The van der Waals surface area contributed by atoms with Crippen LogP contribution in [0.2, 0.25) is 0 Å². The summed E-state index contributed by atoms with van der Waals surface area (Å²) in [5.41, 5.74) is 22.9. The number of nitrogens with zero attached hydrogens (tertiary/aromatic N) is 4. The molecule has 78 heavy (non-hydrogen) atoms. The monoisotopic (exact) mass is 1180 g/mol. The Morgan fingerprint density at radius 1 is 0.513 bits per heavy atom. The van der Waals surface area contributed by atoms with Gasteiger partial charge in [-0.3, -0.25) is 4.57 Å². The molecule has 13 aromatic rings. The van der Waals surface area contributed by atoms with E-state index in [9.17, 15) is 0 Å². The number of aromatic nitrogens is 4. The van der Waals surface area contributed by atoms with Crippen molar-refractivity contribution in [3.05, 3.63) is 294 Å². The number of benzene rings is 10. The minimum Gasteiger partial charge on any atom is -0.510 e.